The van der Waals surface area contributed by atoms with Gasteiger partial charge in [-0.2, -0.15) is 0 Å². The molecule has 3 heterocycles. The first-order valence-electron chi connectivity index (χ1n) is 9.35. The lowest BCUT2D eigenvalue weighted by Crippen LogP contribution is -2.40. The minimum Gasteiger partial charge on any atom is -0.379 e. The van der Waals surface area contributed by atoms with Gasteiger partial charge in [0.05, 0.1) is 19.8 Å². The Hall–Kier alpha value is -1.76. The van der Waals surface area contributed by atoms with Crippen molar-refractivity contribution in [3.05, 3.63) is 53.9 Å². The number of hydrogen-bond acceptors (Lipinski definition) is 4. The zero-order valence-electron chi connectivity index (χ0n) is 15.4. The van der Waals surface area contributed by atoms with Gasteiger partial charge in [-0.1, -0.05) is 12.1 Å². The summed E-state index contributed by atoms with van der Waals surface area (Å²) in [4.78, 5) is 9.41. The Labute approximate surface area is 154 Å². The first kappa shape index (κ1) is 17.6. The summed E-state index contributed by atoms with van der Waals surface area (Å²) in [6.07, 6.45) is 5.01. The molecule has 0 amide bonds. The number of aromatic nitrogens is 2. The quantitative estimate of drug-likeness (QED) is 0.840. The molecule has 6 heteroatoms. The molecule has 0 radical (unpaired) electrons. The minimum absolute atomic E-state index is 0.176. The van der Waals surface area contributed by atoms with E-state index in [9.17, 15) is 4.39 Å². The molecular weight excluding hydrogens is 331 g/mol. The van der Waals surface area contributed by atoms with E-state index in [-0.39, 0.29) is 11.2 Å². The number of benzene rings is 1. The molecule has 0 N–H and O–H groups in total. The predicted octanol–water partition coefficient (Wildman–Crippen LogP) is 2.28. The predicted molar refractivity (Wildman–Crippen MR) is 98.0 cm³/mol. The van der Waals surface area contributed by atoms with E-state index in [1.54, 1.807) is 12.1 Å². The number of ether oxygens (including phenoxy) is 1. The second kappa shape index (κ2) is 7.47. The van der Waals surface area contributed by atoms with E-state index in [0.29, 0.717) is 0 Å². The third kappa shape index (κ3) is 3.98. The van der Waals surface area contributed by atoms with Crippen molar-refractivity contribution in [1.82, 2.24) is 19.4 Å². The highest BCUT2D eigenvalue weighted by atomic mass is 19.1. The fraction of sp³-hybridized carbons (Fsp3) is 0.550. The highest BCUT2D eigenvalue weighted by Crippen LogP contribution is 2.34. The number of rotatable bonds is 4. The van der Waals surface area contributed by atoms with Crippen LogP contribution in [0.1, 0.15) is 17.8 Å². The maximum atomic E-state index is 13.2. The molecule has 2 aromatic rings. The summed E-state index contributed by atoms with van der Waals surface area (Å²) >= 11 is 0. The normalized spacial score (nSPS) is 25.0. The third-order valence-electron chi connectivity index (χ3n) is 5.64. The molecular formula is C20H27FN4O. The molecule has 5 nitrogen and oxygen atoms in total. The second-order valence-electron chi connectivity index (χ2n) is 7.80. The maximum absolute atomic E-state index is 13.2. The third-order valence-corrected chi connectivity index (χ3v) is 5.64. The van der Waals surface area contributed by atoms with Crippen LogP contribution in [0.5, 0.6) is 0 Å². The lowest BCUT2D eigenvalue weighted by atomic mass is 9.87. The monoisotopic (exact) mass is 358 g/mol. The van der Waals surface area contributed by atoms with Crippen LogP contribution in [-0.2, 0) is 24.9 Å². The van der Waals surface area contributed by atoms with E-state index >= 15 is 0 Å². The van der Waals surface area contributed by atoms with Crippen molar-refractivity contribution >= 4 is 0 Å². The summed E-state index contributed by atoms with van der Waals surface area (Å²) in [5.41, 5.74) is 1.34. The van der Waals surface area contributed by atoms with Crippen LogP contribution in [0.15, 0.2) is 36.7 Å². The summed E-state index contributed by atoms with van der Waals surface area (Å²) in [7, 11) is 2.05. The van der Waals surface area contributed by atoms with Crippen LogP contribution in [0.2, 0.25) is 0 Å². The number of halogens is 1. The van der Waals surface area contributed by atoms with Crippen molar-refractivity contribution in [1.29, 1.82) is 0 Å². The summed E-state index contributed by atoms with van der Waals surface area (Å²) in [5, 5.41) is 0. The Balaban J connectivity index is 1.40. The SMILES string of the molecule is Cn1ccnc1CN1CC[C@]2(COCCN(Cc3ccc(F)cc3)C2)C1. The van der Waals surface area contributed by atoms with E-state index in [0.717, 1.165) is 70.3 Å². The zero-order chi connectivity index (χ0) is 18.0. The number of nitrogens with zero attached hydrogens (tertiary/aromatic N) is 4. The fourth-order valence-electron chi connectivity index (χ4n) is 4.22. The lowest BCUT2D eigenvalue weighted by Gasteiger charge is -2.32. The van der Waals surface area contributed by atoms with Gasteiger partial charge in [-0.15, -0.1) is 0 Å². The molecule has 140 valence electrons. The van der Waals surface area contributed by atoms with Crippen LogP contribution in [0.3, 0.4) is 0 Å². The molecule has 4 rings (SSSR count). The van der Waals surface area contributed by atoms with Gasteiger partial charge < -0.3 is 9.30 Å². The van der Waals surface area contributed by atoms with Gasteiger partial charge >= 0.3 is 0 Å². The van der Waals surface area contributed by atoms with Crippen molar-refractivity contribution in [2.24, 2.45) is 12.5 Å². The van der Waals surface area contributed by atoms with Crippen molar-refractivity contribution in [3.63, 3.8) is 0 Å². The van der Waals surface area contributed by atoms with Crippen LogP contribution < -0.4 is 0 Å². The van der Waals surface area contributed by atoms with Crippen molar-refractivity contribution in [3.8, 4) is 0 Å². The Morgan fingerprint density at radius 3 is 2.62 bits per heavy atom. The largest absolute Gasteiger partial charge is 0.379 e. The van der Waals surface area contributed by atoms with E-state index in [2.05, 4.69) is 19.4 Å². The zero-order valence-corrected chi connectivity index (χ0v) is 15.4. The summed E-state index contributed by atoms with van der Waals surface area (Å²) in [6.45, 7) is 7.42. The van der Waals surface area contributed by atoms with Crippen LogP contribution in [-0.4, -0.2) is 58.7 Å². The molecule has 2 aliphatic heterocycles. The Bertz CT molecular complexity index is 732. The molecule has 2 aliphatic rings. The van der Waals surface area contributed by atoms with Crippen molar-refractivity contribution in [2.75, 3.05) is 39.4 Å². The van der Waals surface area contributed by atoms with Gasteiger partial charge in [0.25, 0.3) is 0 Å². The summed E-state index contributed by atoms with van der Waals surface area (Å²) < 4.78 is 21.2. The molecule has 1 spiro atoms. The van der Waals surface area contributed by atoms with Gasteiger partial charge in [-0.25, -0.2) is 9.37 Å². The van der Waals surface area contributed by atoms with Crippen LogP contribution in [0.25, 0.3) is 0 Å². The Morgan fingerprint density at radius 2 is 1.88 bits per heavy atom. The number of imidazole rings is 1. The fourth-order valence-corrected chi connectivity index (χ4v) is 4.22. The molecule has 1 aromatic carbocycles. The average Bonchev–Trinajstić information content (AvgIpc) is 3.14. The van der Waals surface area contributed by atoms with E-state index in [1.807, 2.05) is 31.6 Å². The van der Waals surface area contributed by atoms with E-state index in [4.69, 9.17) is 4.74 Å². The second-order valence-corrected chi connectivity index (χ2v) is 7.80. The molecule has 26 heavy (non-hydrogen) atoms. The number of likely N-dealkylation sites (tertiary alicyclic amines) is 1. The standard InChI is InChI=1S/C20H27FN4O/c1-23-9-7-22-19(23)13-24-8-6-20(14-24)15-25(10-11-26-16-20)12-17-2-4-18(21)5-3-17/h2-5,7,9H,6,8,10-16H2,1H3/t20-/m0/s1. The first-order chi connectivity index (χ1) is 12.6. The number of hydrogen-bond donors (Lipinski definition) is 0. The number of aryl methyl sites for hydroxylation is 1. The lowest BCUT2D eigenvalue weighted by molar-refractivity contribution is 0.0703. The van der Waals surface area contributed by atoms with E-state index in [1.165, 1.54) is 0 Å². The molecule has 0 bridgehead atoms. The van der Waals surface area contributed by atoms with Crippen molar-refractivity contribution < 1.29 is 9.13 Å². The summed E-state index contributed by atoms with van der Waals surface area (Å²) in [5.74, 6) is 0.935. The van der Waals surface area contributed by atoms with Crippen LogP contribution in [0.4, 0.5) is 4.39 Å². The smallest absolute Gasteiger partial charge is 0.123 e. The van der Waals surface area contributed by atoms with Gasteiger partial charge in [0.15, 0.2) is 0 Å². The molecule has 2 saturated heterocycles. The molecule has 1 atom stereocenters. The molecule has 0 unspecified atom stereocenters. The van der Waals surface area contributed by atoms with Crippen LogP contribution in [0, 0.1) is 11.2 Å². The molecule has 1 aromatic heterocycles. The van der Waals surface area contributed by atoms with Crippen molar-refractivity contribution in [2.45, 2.75) is 19.5 Å². The van der Waals surface area contributed by atoms with Gasteiger partial charge in [0.1, 0.15) is 11.6 Å². The first-order valence-corrected chi connectivity index (χ1v) is 9.35. The van der Waals surface area contributed by atoms with Gasteiger partial charge in [0.2, 0.25) is 0 Å². The molecule has 0 saturated carbocycles. The molecule has 0 aliphatic carbocycles. The van der Waals surface area contributed by atoms with E-state index < -0.39 is 0 Å². The topological polar surface area (TPSA) is 33.5 Å². The van der Waals surface area contributed by atoms with Crippen LogP contribution >= 0.6 is 0 Å². The van der Waals surface area contributed by atoms with Gasteiger partial charge in [-0.3, -0.25) is 9.80 Å². The van der Waals surface area contributed by atoms with Gasteiger partial charge in [-0.05, 0) is 30.7 Å². The highest BCUT2D eigenvalue weighted by molar-refractivity contribution is 5.16. The Morgan fingerprint density at radius 1 is 1.12 bits per heavy atom. The molecule has 2 fully saturated rings. The van der Waals surface area contributed by atoms with Gasteiger partial charge in [0, 0.05) is 51.0 Å². The minimum atomic E-state index is -0.176. The maximum Gasteiger partial charge on any atom is 0.123 e. The average molecular weight is 358 g/mol. The Kier molecular flexibility index (Phi) is 5.07. The summed E-state index contributed by atoms with van der Waals surface area (Å²) in [6, 6.07) is 6.86. The highest BCUT2D eigenvalue weighted by Gasteiger charge is 2.41.